The van der Waals surface area contributed by atoms with E-state index in [2.05, 4.69) is 0 Å². The second-order valence-electron chi connectivity index (χ2n) is 5.76. The molecule has 0 aliphatic heterocycles. The SMILES string of the molecule is Fc1c(F)c(F)c(C2(F)c3c(F)c(F)c(F)c(F)c3C(F)(F)C2(F)F)c(F)c1F. The van der Waals surface area contributed by atoms with E-state index in [9.17, 15) is 57.1 Å². The summed E-state index contributed by atoms with van der Waals surface area (Å²) >= 11 is 0. The standard InChI is InChI=1S/C15F14/c16-4-1-2(5(17)9(21)8(4)20)14(26,27)15(28,29)13(1,25)3-6(18)10(22)12(24)11(23)7(3)19. The molecular weight excluding hydrogens is 446 g/mol. The Morgan fingerprint density at radius 3 is 1.00 bits per heavy atom. The van der Waals surface area contributed by atoms with Gasteiger partial charge >= 0.3 is 11.8 Å². The first kappa shape index (κ1) is 21.2. The van der Waals surface area contributed by atoms with Crippen LogP contribution in [0.5, 0.6) is 0 Å². The maximum Gasteiger partial charge on any atom is 0.356 e. The van der Waals surface area contributed by atoms with Gasteiger partial charge in [0.1, 0.15) is 0 Å². The maximum atomic E-state index is 15.2. The molecule has 1 atom stereocenters. The Morgan fingerprint density at radius 1 is 0.345 bits per heavy atom. The first-order chi connectivity index (χ1) is 13.1. The fourth-order valence-corrected chi connectivity index (χ4v) is 2.97. The molecule has 2 aromatic rings. The van der Waals surface area contributed by atoms with E-state index in [4.69, 9.17) is 0 Å². The van der Waals surface area contributed by atoms with E-state index in [0.29, 0.717) is 0 Å². The molecule has 0 bridgehead atoms. The van der Waals surface area contributed by atoms with Crippen LogP contribution in [0.25, 0.3) is 0 Å². The second kappa shape index (κ2) is 5.75. The summed E-state index contributed by atoms with van der Waals surface area (Å²) in [6.07, 6.45) is 0. The third-order valence-corrected chi connectivity index (χ3v) is 4.31. The van der Waals surface area contributed by atoms with E-state index in [1.165, 1.54) is 0 Å². The molecule has 3 rings (SSSR count). The Kier molecular flexibility index (Phi) is 4.20. The van der Waals surface area contributed by atoms with Gasteiger partial charge in [0.2, 0.25) is 11.5 Å². The van der Waals surface area contributed by atoms with E-state index < -0.39 is 86.6 Å². The predicted molar refractivity (Wildman–Crippen MR) is 63.2 cm³/mol. The summed E-state index contributed by atoms with van der Waals surface area (Å²) in [5.74, 6) is -41.9. The molecule has 0 saturated carbocycles. The van der Waals surface area contributed by atoms with Crippen molar-refractivity contribution in [2.24, 2.45) is 0 Å². The van der Waals surface area contributed by atoms with E-state index in [1.807, 2.05) is 0 Å². The molecule has 0 nitrogen and oxygen atoms in total. The molecule has 0 N–H and O–H groups in total. The van der Waals surface area contributed by atoms with Crippen LogP contribution in [0.3, 0.4) is 0 Å². The smallest absolute Gasteiger partial charge is 0.226 e. The van der Waals surface area contributed by atoms with E-state index in [1.54, 1.807) is 0 Å². The van der Waals surface area contributed by atoms with Crippen LogP contribution in [0.1, 0.15) is 16.7 Å². The molecule has 29 heavy (non-hydrogen) atoms. The lowest BCUT2D eigenvalue weighted by atomic mass is 9.85. The van der Waals surface area contributed by atoms with Gasteiger partial charge in [0, 0.05) is 0 Å². The zero-order chi connectivity index (χ0) is 22.4. The van der Waals surface area contributed by atoms with Crippen LogP contribution >= 0.6 is 0 Å². The van der Waals surface area contributed by atoms with Crippen LogP contribution in [-0.2, 0) is 11.6 Å². The molecule has 14 heteroatoms. The quantitative estimate of drug-likeness (QED) is 0.291. The molecular formula is C15F14. The highest BCUT2D eigenvalue weighted by atomic mass is 19.3. The van der Waals surface area contributed by atoms with Gasteiger partial charge in [-0.25, -0.2) is 43.9 Å². The monoisotopic (exact) mass is 446 g/mol. The van der Waals surface area contributed by atoms with Crippen LogP contribution in [0.2, 0.25) is 0 Å². The van der Waals surface area contributed by atoms with Gasteiger partial charge in [0.05, 0.1) is 16.7 Å². The van der Waals surface area contributed by atoms with Gasteiger partial charge in [-0.2, -0.15) is 17.6 Å². The Hall–Kier alpha value is -2.54. The maximum absolute atomic E-state index is 15.2. The van der Waals surface area contributed by atoms with E-state index >= 15 is 4.39 Å². The molecule has 0 saturated heterocycles. The van der Waals surface area contributed by atoms with Gasteiger partial charge in [0.25, 0.3) is 0 Å². The second-order valence-corrected chi connectivity index (χ2v) is 5.76. The normalized spacial score (nSPS) is 22.1. The summed E-state index contributed by atoms with van der Waals surface area (Å²) in [6, 6.07) is 0. The molecule has 1 aliphatic carbocycles. The topological polar surface area (TPSA) is 0 Å². The van der Waals surface area contributed by atoms with Crippen molar-refractivity contribution in [1.82, 2.24) is 0 Å². The summed E-state index contributed by atoms with van der Waals surface area (Å²) in [5, 5.41) is 0. The molecule has 158 valence electrons. The molecule has 0 fully saturated rings. The molecule has 0 aromatic heterocycles. The number of benzene rings is 2. The lowest BCUT2D eigenvalue weighted by molar-refractivity contribution is -0.256. The highest BCUT2D eigenvalue weighted by Crippen LogP contribution is 2.66. The van der Waals surface area contributed by atoms with Crippen molar-refractivity contribution in [3.63, 3.8) is 0 Å². The van der Waals surface area contributed by atoms with Gasteiger partial charge in [-0.15, -0.1) is 0 Å². The first-order valence-corrected chi connectivity index (χ1v) is 6.90. The zero-order valence-corrected chi connectivity index (χ0v) is 12.8. The summed E-state index contributed by atoms with van der Waals surface area (Å²) in [5.41, 5.74) is -15.7. The van der Waals surface area contributed by atoms with Gasteiger partial charge in [-0.3, -0.25) is 0 Å². The highest BCUT2D eigenvalue weighted by Gasteiger charge is 2.81. The number of fused-ring (bicyclic) bond motifs is 1. The molecule has 0 spiro atoms. The average Bonchev–Trinajstić information content (AvgIpc) is 2.76. The number of alkyl halides is 5. The molecule has 2 aromatic carbocycles. The van der Waals surface area contributed by atoms with Crippen molar-refractivity contribution < 1.29 is 61.5 Å². The molecule has 0 radical (unpaired) electrons. The number of halogens is 14. The van der Waals surface area contributed by atoms with Crippen molar-refractivity contribution in [3.05, 3.63) is 69.0 Å². The third kappa shape index (κ3) is 2.11. The van der Waals surface area contributed by atoms with Crippen LogP contribution in [0, 0.1) is 52.4 Å². The van der Waals surface area contributed by atoms with Crippen LogP contribution in [0.15, 0.2) is 0 Å². The lowest BCUT2D eigenvalue weighted by Gasteiger charge is -2.31. The minimum absolute atomic E-state index is 3.03. The summed E-state index contributed by atoms with van der Waals surface area (Å²) in [6.45, 7) is 0. The van der Waals surface area contributed by atoms with Gasteiger partial charge in [-0.05, 0) is 0 Å². The van der Waals surface area contributed by atoms with Crippen molar-refractivity contribution in [3.8, 4) is 0 Å². The average molecular weight is 446 g/mol. The van der Waals surface area contributed by atoms with Gasteiger partial charge < -0.3 is 0 Å². The van der Waals surface area contributed by atoms with E-state index in [0.717, 1.165) is 0 Å². The fraction of sp³-hybridized carbons (Fsp3) is 0.200. The van der Waals surface area contributed by atoms with Crippen LogP contribution in [0.4, 0.5) is 61.5 Å². The molecule has 0 amide bonds. The number of hydrogen-bond acceptors (Lipinski definition) is 0. The summed E-state index contributed by atoms with van der Waals surface area (Å²) in [7, 11) is 0. The fourth-order valence-electron chi connectivity index (χ4n) is 2.97. The van der Waals surface area contributed by atoms with E-state index in [-0.39, 0.29) is 0 Å². The van der Waals surface area contributed by atoms with Crippen molar-refractivity contribution in [2.45, 2.75) is 17.5 Å². The van der Waals surface area contributed by atoms with Crippen molar-refractivity contribution in [2.75, 3.05) is 0 Å². The Bertz CT molecular complexity index is 1040. The minimum Gasteiger partial charge on any atom is -0.226 e. The molecule has 0 heterocycles. The predicted octanol–water partition coefficient (Wildman–Crippen LogP) is 5.89. The molecule has 1 unspecified atom stereocenters. The number of hydrogen-bond donors (Lipinski definition) is 0. The Balaban J connectivity index is 2.64. The Morgan fingerprint density at radius 2 is 0.621 bits per heavy atom. The van der Waals surface area contributed by atoms with Crippen LogP contribution < -0.4 is 0 Å². The van der Waals surface area contributed by atoms with Gasteiger partial charge in [0.15, 0.2) is 46.5 Å². The third-order valence-electron chi connectivity index (χ3n) is 4.31. The zero-order valence-electron chi connectivity index (χ0n) is 12.8. The molecule has 1 aliphatic rings. The Labute approximate surface area is 149 Å². The largest absolute Gasteiger partial charge is 0.356 e. The highest BCUT2D eigenvalue weighted by molar-refractivity contribution is 5.55. The summed E-state index contributed by atoms with van der Waals surface area (Å²) < 4.78 is 193. The van der Waals surface area contributed by atoms with Crippen LogP contribution in [-0.4, -0.2) is 5.92 Å². The van der Waals surface area contributed by atoms with Crippen molar-refractivity contribution in [1.29, 1.82) is 0 Å². The lowest BCUT2D eigenvalue weighted by Crippen LogP contribution is -2.48. The van der Waals surface area contributed by atoms with Gasteiger partial charge in [-0.1, -0.05) is 0 Å². The van der Waals surface area contributed by atoms with Crippen molar-refractivity contribution >= 4 is 0 Å². The first-order valence-electron chi connectivity index (χ1n) is 6.90. The minimum atomic E-state index is -6.66. The summed E-state index contributed by atoms with van der Waals surface area (Å²) in [4.78, 5) is 0. The number of rotatable bonds is 1.